The van der Waals surface area contributed by atoms with E-state index < -0.39 is 5.41 Å². The first-order valence-corrected chi connectivity index (χ1v) is 12.9. The van der Waals surface area contributed by atoms with E-state index >= 15 is 0 Å². The summed E-state index contributed by atoms with van der Waals surface area (Å²) < 4.78 is 30.3. The first-order valence-electron chi connectivity index (χ1n) is 12.5. The molecule has 0 atom stereocenters. The Morgan fingerprint density at radius 1 is 0.897 bits per heavy atom. The van der Waals surface area contributed by atoms with Crippen LogP contribution in [0.15, 0.2) is 60.8 Å². The van der Waals surface area contributed by atoms with Gasteiger partial charge >= 0.3 is 0 Å². The number of methoxy groups -OCH3 is 2. The highest BCUT2D eigenvalue weighted by Gasteiger charge is 2.54. The molecule has 5 rings (SSSR count). The second-order valence-corrected chi connectivity index (χ2v) is 10.2. The van der Waals surface area contributed by atoms with E-state index in [0.29, 0.717) is 57.5 Å². The van der Waals surface area contributed by atoms with Crippen LogP contribution in [-0.4, -0.2) is 30.8 Å². The van der Waals surface area contributed by atoms with Crippen molar-refractivity contribution in [2.24, 2.45) is 5.41 Å². The monoisotopic (exact) mass is 547 g/mol. The van der Waals surface area contributed by atoms with E-state index in [2.05, 4.69) is 4.98 Å². The lowest BCUT2D eigenvalue weighted by Crippen LogP contribution is -2.29. The second-order valence-electron chi connectivity index (χ2n) is 9.75. The summed E-state index contributed by atoms with van der Waals surface area (Å²) in [5.74, 6) is 1.56. The van der Waals surface area contributed by atoms with Crippen LogP contribution in [-0.2, 0) is 22.4 Å². The largest absolute Gasteiger partial charge is 0.493 e. The number of carbonyl (C=O) groups is 2. The van der Waals surface area contributed by atoms with Gasteiger partial charge in [0.2, 0.25) is 0 Å². The molecule has 1 aliphatic rings. The molecule has 1 aromatic heterocycles. The molecule has 0 radical (unpaired) electrons. The first kappa shape index (κ1) is 26.6. The summed E-state index contributed by atoms with van der Waals surface area (Å²) in [6, 6.07) is 14.6. The van der Waals surface area contributed by atoms with Crippen LogP contribution in [0.3, 0.4) is 0 Å². The number of fused-ring (bicyclic) bond motifs is 1. The van der Waals surface area contributed by atoms with Crippen LogP contribution in [0, 0.1) is 18.2 Å². The third-order valence-electron chi connectivity index (χ3n) is 7.22. The molecule has 1 saturated carbocycles. The van der Waals surface area contributed by atoms with Gasteiger partial charge in [-0.2, -0.15) is 0 Å². The quantitative estimate of drug-likeness (QED) is 0.202. The van der Waals surface area contributed by atoms with Gasteiger partial charge in [-0.25, -0.2) is 4.39 Å². The van der Waals surface area contributed by atoms with Gasteiger partial charge in [0.05, 0.1) is 25.2 Å². The minimum absolute atomic E-state index is 0.0459. The normalized spacial score (nSPS) is 13.7. The molecule has 1 fully saturated rings. The topological polar surface area (TPSA) is 74.7 Å². The number of nitrogens with zero attached hydrogens (tertiary/aromatic N) is 1. The van der Waals surface area contributed by atoms with Crippen molar-refractivity contribution < 1.29 is 28.2 Å². The zero-order valence-electron chi connectivity index (χ0n) is 21.8. The van der Waals surface area contributed by atoms with Crippen molar-refractivity contribution in [2.45, 2.75) is 32.6 Å². The molecule has 4 aromatic rings. The van der Waals surface area contributed by atoms with Gasteiger partial charge in [-0.3, -0.25) is 14.6 Å². The molecule has 0 saturated heterocycles. The number of pyridine rings is 1. The Morgan fingerprint density at radius 2 is 1.56 bits per heavy atom. The van der Waals surface area contributed by atoms with Gasteiger partial charge in [-0.1, -0.05) is 29.8 Å². The van der Waals surface area contributed by atoms with Gasteiger partial charge in [0, 0.05) is 35.5 Å². The molecule has 0 aliphatic heterocycles. The van der Waals surface area contributed by atoms with Crippen LogP contribution in [0.2, 0.25) is 5.02 Å². The number of aromatic nitrogens is 1. The fourth-order valence-corrected chi connectivity index (χ4v) is 4.98. The Balaban J connectivity index is 1.35. The summed E-state index contributed by atoms with van der Waals surface area (Å²) in [5.41, 5.74) is 1.80. The van der Waals surface area contributed by atoms with Crippen molar-refractivity contribution in [1.82, 2.24) is 4.98 Å². The summed E-state index contributed by atoms with van der Waals surface area (Å²) in [5, 5.41) is 1.11. The molecular formula is C31H27ClFNO5. The number of halogens is 2. The zero-order valence-corrected chi connectivity index (χ0v) is 22.6. The molecule has 0 bridgehead atoms. The van der Waals surface area contributed by atoms with Crippen molar-refractivity contribution in [2.75, 3.05) is 14.2 Å². The highest BCUT2D eigenvalue weighted by molar-refractivity contribution is 6.31. The lowest BCUT2D eigenvalue weighted by atomic mass is 9.87. The van der Waals surface area contributed by atoms with E-state index in [9.17, 15) is 14.0 Å². The Kier molecular flexibility index (Phi) is 7.28. The number of benzene rings is 3. The van der Waals surface area contributed by atoms with E-state index in [1.807, 2.05) is 13.0 Å². The van der Waals surface area contributed by atoms with Gasteiger partial charge in [0.15, 0.2) is 23.1 Å². The predicted molar refractivity (Wildman–Crippen MR) is 147 cm³/mol. The Bertz CT molecular complexity index is 1580. The summed E-state index contributed by atoms with van der Waals surface area (Å²) in [6.07, 6.45) is 2.83. The Labute approximate surface area is 230 Å². The van der Waals surface area contributed by atoms with Gasteiger partial charge in [0.25, 0.3) is 0 Å². The van der Waals surface area contributed by atoms with Crippen molar-refractivity contribution in [3.63, 3.8) is 0 Å². The molecule has 0 spiro atoms. The van der Waals surface area contributed by atoms with Crippen LogP contribution < -0.4 is 14.2 Å². The fraction of sp³-hybridized carbons (Fsp3) is 0.258. The maximum atomic E-state index is 13.3. The predicted octanol–water partition coefficient (Wildman–Crippen LogP) is 6.85. The molecule has 0 N–H and O–H groups in total. The van der Waals surface area contributed by atoms with E-state index in [0.717, 1.165) is 10.9 Å². The van der Waals surface area contributed by atoms with Crippen LogP contribution in [0.4, 0.5) is 4.39 Å². The molecule has 1 heterocycles. The van der Waals surface area contributed by atoms with Gasteiger partial charge in [-0.05, 0) is 66.8 Å². The maximum Gasteiger partial charge on any atom is 0.162 e. The number of ether oxygens (including phenoxy) is 3. The van der Waals surface area contributed by atoms with Gasteiger partial charge in [0.1, 0.15) is 17.3 Å². The van der Waals surface area contributed by atoms with Crippen molar-refractivity contribution in [3.8, 4) is 23.0 Å². The number of Topliss-reactive ketones (excluding diaryl/α,β-unsaturated/α-hetero) is 2. The standard InChI is InChI=1S/C31H27ClFNO5/c1-18-12-20(14-30(36)31(9-10-31)29(35)13-19-4-6-21(33)7-5-19)23(32)16-26(18)39-25-8-11-34-24-17-28(38-3)27(37-2)15-22(24)25/h4-8,11-12,15-17H,9-10,13-14H2,1-3H3. The molecule has 3 aromatic carbocycles. The minimum atomic E-state index is -0.989. The molecule has 1 aliphatic carbocycles. The number of ketones is 2. The third kappa shape index (κ3) is 5.32. The molecule has 0 amide bonds. The molecule has 0 unspecified atom stereocenters. The van der Waals surface area contributed by atoms with Crippen molar-refractivity contribution in [1.29, 1.82) is 0 Å². The van der Waals surface area contributed by atoms with Gasteiger partial charge in [-0.15, -0.1) is 0 Å². The Hall–Kier alpha value is -3.97. The van der Waals surface area contributed by atoms with E-state index in [1.54, 1.807) is 56.8 Å². The zero-order chi connectivity index (χ0) is 27.7. The van der Waals surface area contributed by atoms with Crippen LogP contribution in [0.25, 0.3) is 10.9 Å². The molecule has 39 heavy (non-hydrogen) atoms. The van der Waals surface area contributed by atoms with E-state index in [4.69, 9.17) is 25.8 Å². The second kappa shape index (κ2) is 10.7. The minimum Gasteiger partial charge on any atom is -0.493 e. The molecule has 200 valence electrons. The third-order valence-corrected chi connectivity index (χ3v) is 7.57. The van der Waals surface area contributed by atoms with Crippen LogP contribution >= 0.6 is 11.6 Å². The maximum absolute atomic E-state index is 13.3. The Morgan fingerprint density at radius 3 is 2.23 bits per heavy atom. The fourth-order valence-electron chi connectivity index (χ4n) is 4.76. The summed E-state index contributed by atoms with van der Waals surface area (Å²) in [7, 11) is 3.13. The van der Waals surface area contributed by atoms with E-state index in [1.165, 1.54) is 12.1 Å². The highest BCUT2D eigenvalue weighted by atomic mass is 35.5. The average molecular weight is 548 g/mol. The van der Waals surface area contributed by atoms with Crippen molar-refractivity contribution in [3.05, 3.63) is 88.3 Å². The highest BCUT2D eigenvalue weighted by Crippen LogP contribution is 2.49. The number of hydrogen-bond acceptors (Lipinski definition) is 6. The first-order chi connectivity index (χ1) is 18.7. The summed E-state index contributed by atoms with van der Waals surface area (Å²) >= 11 is 6.61. The summed E-state index contributed by atoms with van der Waals surface area (Å²) in [4.78, 5) is 30.7. The lowest BCUT2D eigenvalue weighted by Gasteiger charge is -2.16. The average Bonchev–Trinajstić information content (AvgIpc) is 3.74. The molecule has 8 heteroatoms. The molecule has 6 nitrogen and oxygen atoms in total. The number of carbonyl (C=O) groups excluding carboxylic acids is 2. The SMILES string of the molecule is COc1cc2nccc(Oc3cc(Cl)c(CC(=O)C4(C(=O)Cc5ccc(F)cc5)CC4)cc3C)c2cc1OC. The number of hydrogen-bond donors (Lipinski definition) is 0. The van der Waals surface area contributed by atoms with Gasteiger partial charge < -0.3 is 14.2 Å². The number of aryl methyl sites for hydroxylation is 1. The van der Waals surface area contributed by atoms with Crippen LogP contribution in [0.5, 0.6) is 23.0 Å². The van der Waals surface area contributed by atoms with E-state index in [-0.39, 0.29) is 30.2 Å². The summed E-state index contributed by atoms with van der Waals surface area (Å²) in [6.45, 7) is 1.87. The van der Waals surface area contributed by atoms with Crippen LogP contribution in [0.1, 0.15) is 29.5 Å². The number of rotatable bonds is 10. The lowest BCUT2D eigenvalue weighted by molar-refractivity contribution is -0.133. The van der Waals surface area contributed by atoms with Crippen molar-refractivity contribution >= 4 is 34.1 Å². The molecular weight excluding hydrogens is 521 g/mol. The smallest absolute Gasteiger partial charge is 0.162 e.